The predicted molar refractivity (Wildman–Crippen MR) is 99.1 cm³/mol. The van der Waals surface area contributed by atoms with Gasteiger partial charge >= 0.3 is 0 Å². The van der Waals surface area contributed by atoms with E-state index in [0.717, 1.165) is 70.6 Å². The SMILES string of the molecule is CC1CCC(NC(=O)[C@@H](C)N2CCC[C@@H](C(=O)N3CCCC3)C2)CC1. The fraction of sp³-hybridized carbons (Fsp3) is 0.900. The van der Waals surface area contributed by atoms with Crippen molar-refractivity contribution in [2.24, 2.45) is 11.8 Å². The zero-order chi connectivity index (χ0) is 17.8. The van der Waals surface area contributed by atoms with Crippen molar-refractivity contribution in [1.82, 2.24) is 15.1 Å². The third-order valence-corrected chi connectivity index (χ3v) is 6.51. The standard InChI is InChI=1S/C20H35N3O2/c1-15-7-9-18(10-8-15)21-19(24)16(2)23-13-5-6-17(14-23)20(25)22-11-3-4-12-22/h15-18H,3-14H2,1-2H3,(H,21,24)/t15?,16-,17-,18?/m1/s1. The first kappa shape index (κ1) is 18.7. The van der Waals surface area contributed by atoms with Crippen molar-refractivity contribution in [2.75, 3.05) is 26.2 Å². The molecule has 0 spiro atoms. The van der Waals surface area contributed by atoms with Gasteiger partial charge in [0.1, 0.15) is 0 Å². The molecule has 0 aromatic rings. The maximum Gasteiger partial charge on any atom is 0.237 e. The van der Waals surface area contributed by atoms with Crippen LogP contribution in [0.4, 0.5) is 0 Å². The molecule has 25 heavy (non-hydrogen) atoms. The summed E-state index contributed by atoms with van der Waals surface area (Å²) < 4.78 is 0. The molecule has 0 unspecified atom stereocenters. The zero-order valence-electron chi connectivity index (χ0n) is 16.0. The Morgan fingerprint density at radius 3 is 2.32 bits per heavy atom. The van der Waals surface area contributed by atoms with Gasteiger partial charge in [-0.15, -0.1) is 0 Å². The van der Waals surface area contributed by atoms with Crippen LogP contribution in [0.5, 0.6) is 0 Å². The second-order valence-corrected chi connectivity index (χ2v) is 8.51. The summed E-state index contributed by atoms with van der Waals surface area (Å²) in [5.74, 6) is 1.34. The molecular weight excluding hydrogens is 314 g/mol. The Morgan fingerprint density at radius 2 is 1.64 bits per heavy atom. The average Bonchev–Trinajstić information content (AvgIpc) is 3.17. The van der Waals surface area contributed by atoms with Crippen molar-refractivity contribution in [2.45, 2.75) is 77.3 Å². The minimum atomic E-state index is -0.131. The van der Waals surface area contributed by atoms with Crippen LogP contribution in [0.25, 0.3) is 0 Å². The molecule has 2 saturated heterocycles. The first-order valence-electron chi connectivity index (χ1n) is 10.4. The molecule has 0 radical (unpaired) electrons. The second kappa shape index (κ2) is 8.52. The Kier molecular flexibility index (Phi) is 6.37. The maximum absolute atomic E-state index is 12.7. The number of carbonyl (C=O) groups is 2. The number of hydrogen-bond donors (Lipinski definition) is 1. The summed E-state index contributed by atoms with van der Waals surface area (Å²) in [6.07, 6.45) is 8.92. The lowest BCUT2D eigenvalue weighted by molar-refractivity contribution is -0.138. The fourth-order valence-corrected chi connectivity index (χ4v) is 4.65. The van der Waals surface area contributed by atoms with Gasteiger partial charge in [-0.05, 0) is 70.8 Å². The molecule has 2 amide bonds. The number of nitrogens with one attached hydrogen (secondary N) is 1. The number of rotatable bonds is 4. The molecule has 2 aliphatic heterocycles. The molecule has 1 N–H and O–H groups in total. The van der Waals surface area contributed by atoms with Gasteiger partial charge < -0.3 is 10.2 Å². The topological polar surface area (TPSA) is 52.7 Å². The van der Waals surface area contributed by atoms with Gasteiger partial charge in [0, 0.05) is 25.7 Å². The third-order valence-electron chi connectivity index (χ3n) is 6.51. The molecule has 3 fully saturated rings. The number of carbonyl (C=O) groups excluding carboxylic acids is 2. The van der Waals surface area contributed by atoms with Crippen LogP contribution in [-0.4, -0.2) is 59.9 Å². The van der Waals surface area contributed by atoms with Gasteiger partial charge in [-0.3, -0.25) is 14.5 Å². The lowest BCUT2D eigenvalue weighted by Crippen LogP contribution is -2.53. The van der Waals surface area contributed by atoms with E-state index >= 15 is 0 Å². The summed E-state index contributed by atoms with van der Waals surface area (Å²) in [6, 6.07) is 0.214. The van der Waals surface area contributed by atoms with E-state index in [1.54, 1.807) is 0 Å². The van der Waals surface area contributed by atoms with Crippen LogP contribution in [0.3, 0.4) is 0 Å². The Balaban J connectivity index is 1.49. The number of hydrogen-bond acceptors (Lipinski definition) is 3. The summed E-state index contributed by atoms with van der Waals surface area (Å²) in [5, 5.41) is 3.26. The smallest absolute Gasteiger partial charge is 0.237 e. The van der Waals surface area contributed by atoms with E-state index in [-0.39, 0.29) is 17.9 Å². The van der Waals surface area contributed by atoms with E-state index in [1.165, 1.54) is 12.8 Å². The normalized spacial score (nSPS) is 32.4. The summed E-state index contributed by atoms with van der Waals surface area (Å²) in [7, 11) is 0. The van der Waals surface area contributed by atoms with E-state index in [2.05, 4.69) is 17.1 Å². The van der Waals surface area contributed by atoms with Gasteiger partial charge in [-0.25, -0.2) is 0 Å². The minimum absolute atomic E-state index is 0.0811. The summed E-state index contributed by atoms with van der Waals surface area (Å²) >= 11 is 0. The van der Waals surface area contributed by atoms with Crippen molar-refractivity contribution in [1.29, 1.82) is 0 Å². The first-order valence-corrected chi connectivity index (χ1v) is 10.4. The van der Waals surface area contributed by atoms with Crippen LogP contribution in [0.15, 0.2) is 0 Å². The molecule has 142 valence electrons. The average molecular weight is 350 g/mol. The highest BCUT2D eigenvalue weighted by Crippen LogP contribution is 2.25. The molecular formula is C20H35N3O2. The van der Waals surface area contributed by atoms with Gasteiger partial charge in [-0.2, -0.15) is 0 Å². The van der Waals surface area contributed by atoms with Crippen molar-refractivity contribution in [3.8, 4) is 0 Å². The van der Waals surface area contributed by atoms with Crippen LogP contribution in [0, 0.1) is 11.8 Å². The largest absolute Gasteiger partial charge is 0.352 e. The van der Waals surface area contributed by atoms with Crippen molar-refractivity contribution in [3.05, 3.63) is 0 Å². The van der Waals surface area contributed by atoms with Crippen LogP contribution in [0.2, 0.25) is 0 Å². The first-order chi connectivity index (χ1) is 12.0. The van der Waals surface area contributed by atoms with Crippen molar-refractivity contribution < 1.29 is 9.59 Å². The summed E-state index contributed by atoms with van der Waals surface area (Å²) in [6.45, 7) is 7.82. The van der Waals surface area contributed by atoms with Gasteiger partial charge in [0.05, 0.1) is 12.0 Å². The molecule has 0 aromatic carbocycles. The molecule has 1 saturated carbocycles. The third kappa shape index (κ3) is 4.75. The van der Waals surface area contributed by atoms with E-state index in [4.69, 9.17) is 0 Å². The number of nitrogens with zero attached hydrogens (tertiary/aromatic N) is 2. The number of piperidine rings is 1. The maximum atomic E-state index is 12.7. The molecule has 3 aliphatic rings. The van der Waals surface area contributed by atoms with Crippen LogP contribution in [0.1, 0.15) is 65.2 Å². The van der Waals surface area contributed by atoms with Crippen LogP contribution in [-0.2, 0) is 9.59 Å². The lowest BCUT2D eigenvalue weighted by atomic mass is 9.87. The van der Waals surface area contributed by atoms with E-state index in [9.17, 15) is 9.59 Å². The van der Waals surface area contributed by atoms with Gasteiger partial charge in [0.15, 0.2) is 0 Å². The lowest BCUT2D eigenvalue weighted by Gasteiger charge is -2.37. The van der Waals surface area contributed by atoms with Gasteiger partial charge in [0.25, 0.3) is 0 Å². The fourth-order valence-electron chi connectivity index (χ4n) is 4.65. The van der Waals surface area contributed by atoms with Crippen molar-refractivity contribution >= 4 is 11.8 Å². The van der Waals surface area contributed by atoms with E-state index < -0.39 is 0 Å². The highest BCUT2D eigenvalue weighted by molar-refractivity contribution is 5.82. The Bertz CT molecular complexity index is 468. The predicted octanol–water partition coefficient (Wildman–Crippen LogP) is 2.40. The molecule has 2 atom stereocenters. The van der Waals surface area contributed by atoms with Crippen molar-refractivity contribution in [3.63, 3.8) is 0 Å². The van der Waals surface area contributed by atoms with Gasteiger partial charge in [-0.1, -0.05) is 6.92 Å². The molecule has 0 bridgehead atoms. The van der Waals surface area contributed by atoms with E-state index in [1.807, 2.05) is 11.8 Å². The quantitative estimate of drug-likeness (QED) is 0.848. The monoisotopic (exact) mass is 349 g/mol. The number of likely N-dealkylation sites (tertiary alicyclic amines) is 2. The highest BCUT2D eigenvalue weighted by atomic mass is 16.2. The summed E-state index contributed by atoms with van der Waals surface area (Å²) in [5.41, 5.74) is 0. The van der Waals surface area contributed by atoms with Crippen LogP contribution < -0.4 is 5.32 Å². The van der Waals surface area contributed by atoms with Crippen LogP contribution >= 0.6 is 0 Å². The molecule has 0 aromatic heterocycles. The Hall–Kier alpha value is -1.10. The Morgan fingerprint density at radius 1 is 0.960 bits per heavy atom. The highest BCUT2D eigenvalue weighted by Gasteiger charge is 2.34. The molecule has 5 nitrogen and oxygen atoms in total. The van der Waals surface area contributed by atoms with Gasteiger partial charge in [0.2, 0.25) is 11.8 Å². The summed E-state index contributed by atoms with van der Waals surface area (Å²) in [4.78, 5) is 29.6. The number of amides is 2. The zero-order valence-corrected chi connectivity index (χ0v) is 16.0. The molecule has 1 aliphatic carbocycles. The Labute approximate surface area is 152 Å². The molecule has 3 rings (SSSR count). The second-order valence-electron chi connectivity index (χ2n) is 8.51. The molecule has 5 heteroatoms. The molecule has 2 heterocycles. The minimum Gasteiger partial charge on any atom is -0.352 e. The van der Waals surface area contributed by atoms with E-state index in [0.29, 0.717) is 11.9 Å².